The summed E-state index contributed by atoms with van der Waals surface area (Å²) in [5.74, 6) is -0.228. The minimum absolute atomic E-state index is 0.228. The first-order chi connectivity index (χ1) is 8.16. The molecule has 3 rings (SSSR count). The van der Waals surface area contributed by atoms with Gasteiger partial charge in [-0.3, -0.25) is 0 Å². The Hall–Kier alpha value is -0.982. The molecule has 1 atom stereocenters. The molecule has 0 fully saturated rings. The van der Waals surface area contributed by atoms with E-state index in [0.29, 0.717) is 5.69 Å². The van der Waals surface area contributed by atoms with Crippen molar-refractivity contribution in [3.05, 3.63) is 47.8 Å². The van der Waals surface area contributed by atoms with Gasteiger partial charge in [0, 0.05) is 0 Å². The van der Waals surface area contributed by atoms with Crippen LogP contribution in [0.1, 0.15) is 5.56 Å². The summed E-state index contributed by atoms with van der Waals surface area (Å²) in [5, 5.41) is 3.14. The number of fused-ring (bicyclic) bond motifs is 2. The number of benzene rings is 2. The van der Waals surface area contributed by atoms with Gasteiger partial charge in [-0.2, -0.15) is 0 Å². The van der Waals surface area contributed by atoms with Crippen LogP contribution in [0.15, 0.2) is 36.4 Å². The molecule has 0 bridgehead atoms. The topological polar surface area (TPSA) is 12.0 Å². The Morgan fingerprint density at radius 1 is 1.18 bits per heavy atom. The standard InChI is InChI=1S/C13H10AsClFN/c1-8-5-6-12-10(7-8)14(15)9-3-2-4-11(16)13(9)17-12/h2-7,17H,1H3. The van der Waals surface area contributed by atoms with Gasteiger partial charge in [-0.15, -0.1) is 0 Å². The van der Waals surface area contributed by atoms with E-state index in [0.717, 1.165) is 14.4 Å². The molecule has 17 heavy (non-hydrogen) atoms. The molecule has 1 unspecified atom stereocenters. The molecule has 1 heterocycles. The van der Waals surface area contributed by atoms with E-state index in [1.165, 1.54) is 11.6 Å². The van der Waals surface area contributed by atoms with Crippen LogP contribution in [0.5, 0.6) is 0 Å². The first-order valence-corrected chi connectivity index (χ1v) is 9.63. The summed E-state index contributed by atoms with van der Waals surface area (Å²) in [6.45, 7) is 2.04. The molecule has 1 N–H and O–H groups in total. The van der Waals surface area contributed by atoms with Crippen molar-refractivity contribution < 1.29 is 4.39 Å². The molecule has 4 heteroatoms. The van der Waals surface area contributed by atoms with Gasteiger partial charge in [-0.05, 0) is 0 Å². The maximum atomic E-state index is 13.7. The number of rotatable bonds is 0. The van der Waals surface area contributed by atoms with Gasteiger partial charge < -0.3 is 0 Å². The fraction of sp³-hybridized carbons (Fsp3) is 0.0769. The van der Waals surface area contributed by atoms with E-state index < -0.39 is 13.7 Å². The van der Waals surface area contributed by atoms with Crippen molar-refractivity contribution in [1.82, 2.24) is 0 Å². The number of hydrogen-bond donors (Lipinski definition) is 1. The second-order valence-corrected chi connectivity index (χ2v) is 9.02. The van der Waals surface area contributed by atoms with E-state index in [2.05, 4.69) is 11.4 Å². The third kappa shape index (κ3) is 1.76. The van der Waals surface area contributed by atoms with Crippen LogP contribution in [-0.4, -0.2) is 13.7 Å². The van der Waals surface area contributed by atoms with Crippen molar-refractivity contribution in [2.45, 2.75) is 6.92 Å². The average Bonchev–Trinajstić information content (AvgIpc) is 2.32. The zero-order chi connectivity index (χ0) is 12.0. The summed E-state index contributed by atoms with van der Waals surface area (Å²) in [6.07, 6.45) is 0. The monoisotopic (exact) mass is 309 g/mol. The SMILES string of the molecule is Cc1ccc2c(c1)[As](Cl)c1cccc(F)c1N2. The fourth-order valence-electron chi connectivity index (χ4n) is 1.97. The van der Waals surface area contributed by atoms with Crippen molar-refractivity contribution in [2.24, 2.45) is 0 Å². The molecule has 86 valence electrons. The summed E-state index contributed by atoms with van der Waals surface area (Å²) in [6, 6.07) is 11.2. The summed E-state index contributed by atoms with van der Waals surface area (Å²) in [7, 11) is 6.56. The predicted octanol–water partition coefficient (Wildman–Crippen LogP) is 2.54. The van der Waals surface area contributed by atoms with Crippen LogP contribution in [-0.2, 0) is 0 Å². The second-order valence-electron chi connectivity index (χ2n) is 4.06. The van der Waals surface area contributed by atoms with Crippen molar-refractivity contribution in [1.29, 1.82) is 0 Å². The Morgan fingerprint density at radius 2 is 2.00 bits per heavy atom. The number of halogens is 2. The zero-order valence-corrected chi connectivity index (χ0v) is 11.8. The Balaban J connectivity index is 2.21. The molecule has 0 saturated heterocycles. The van der Waals surface area contributed by atoms with Crippen LogP contribution in [0, 0.1) is 12.7 Å². The Labute approximate surface area is 108 Å². The normalized spacial score (nSPS) is 17.0. The fourth-order valence-corrected chi connectivity index (χ4v) is 6.57. The molecule has 0 aromatic heterocycles. The van der Waals surface area contributed by atoms with E-state index >= 15 is 0 Å². The van der Waals surface area contributed by atoms with Gasteiger partial charge in [-0.25, -0.2) is 0 Å². The van der Waals surface area contributed by atoms with Gasteiger partial charge in [-0.1, -0.05) is 0 Å². The summed E-state index contributed by atoms with van der Waals surface area (Å²) in [4.78, 5) is 0. The van der Waals surface area contributed by atoms with Crippen LogP contribution in [0.4, 0.5) is 15.8 Å². The van der Waals surface area contributed by atoms with Crippen molar-refractivity contribution in [2.75, 3.05) is 5.32 Å². The van der Waals surface area contributed by atoms with Crippen LogP contribution in [0.3, 0.4) is 0 Å². The van der Waals surface area contributed by atoms with Crippen LogP contribution >= 0.6 is 9.95 Å². The average molecular weight is 310 g/mol. The zero-order valence-electron chi connectivity index (χ0n) is 9.17. The maximum absolute atomic E-state index is 13.7. The molecule has 0 saturated carbocycles. The number of hydrogen-bond acceptors (Lipinski definition) is 1. The Morgan fingerprint density at radius 3 is 2.82 bits per heavy atom. The van der Waals surface area contributed by atoms with E-state index in [9.17, 15) is 4.39 Å². The quantitative estimate of drug-likeness (QED) is 0.738. The van der Waals surface area contributed by atoms with Crippen molar-refractivity contribution >= 4 is 43.7 Å². The number of aryl methyl sites for hydroxylation is 1. The van der Waals surface area contributed by atoms with E-state index in [1.807, 2.05) is 25.1 Å². The molecular weight excluding hydrogens is 300 g/mol. The summed E-state index contributed by atoms with van der Waals surface area (Å²) >= 11 is -1.85. The molecule has 0 radical (unpaired) electrons. The summed E-state index contributed by atoms with van der Waals surface area (Å²) < 4.78 is 15.8. The molecule has 1 aliphatic heterocycles. The third-order valence-corrected chi connectivity index (χ3v) is 8.05. The third-order valence-electron chi connectivity index (χ3n) is 2.83. The Bertz CT molecular complexity index is 598. The van der Waals surface area contributed by atoms with E-state index in [4.69, 9.17) is 9.95 Å². The molecule has 0 spiro atoms. The number of anilines is 2. The van der Waals surface area contributed by atoms with Crippen LogP contribution < -0.4 is 14.0 Å². The second kappa shape index (κ2) is 4.04. The van der Waals surface area contributed by atoms with E-state index in [1.54, 1.807) is 6.07 Å². The Kier molecular flexibility index (Phi) is 2.65. The van der Waals surface area contributed by atoms with Gasteiger partial charge >= 0.3 is 108 Å². The minimum atomic E-state index is -1.85. The first kappa shape index (κ1) is 11.1. The molecule has 1 nitrogen and oxygen atoms in total. The van der Waals surface area contributed by atoms with Gasteiger partial charge in [0.05, 0.1) is 0 Å². The van der Waals surface area contributed by atoms with Gasteiger partial charge in [0.15, 0.2) is 0 Å². The number of para-hydroxylation sites is 1. The molecule has 2 aromatic carbocycles. The molecule has 0 aliphatic carbocycles. The van der Waals surface area contributed by atoms with Gasteiger partial charge in [0.25, 0.3) is 0 Å². The van der Waals surface area contributed by atoms with Crippen LogP contribution in [0.2, 0.25) is 0 Å². The van der Waals surface area contributed by atoms with Crippen molar-refractivity contribution in [3.63, 3.8) is 0 Å². The van der Waals surface area contributed by atoms with Crippen LogP contribution in [0.25, 0.3) is 0 Å². The van der Waals surface area contributed by atoms with Crippen molar-refractivity contribution in [3.8, 4) is 0 Å². The van der Waals surface area contributed by atoms with Gasteiger partial charge in [0.1, 0.15) is 0 Å². The molecule has 1 aliphatic rings. The molecule has 2 aromatic rings. The first-order valence-electron chi connectivity index (χ1n) is 5.29. The summed E-state index contributed by atoms with van der Waals surface area (Å²) in [5.41, 5.74) is 2.69. The predicted molar refractivity (Wildman–Crippen MR) is 71.7 cm³/mol. The molecular formula is C13H10AsClFN. The molecule has 0 amide bonds. The van der Waals surface area contributed by atoms with Gasteiger partial charge in [0.2, 0.25) is 0 Å². The number of nitrogens with one attached hydrogen (secondary N) is 1. The van der Waals surface area contributed by atoms with E-state index in [-0.39, 0.29) is 5.82 Å².